The number of carbonyl (C=O) groups is 1. The molecule has 0 radical (unpaired) electrons. The molecular weight excluding hydrogens is 262 g/mol. The molecule has 3 aromatic heterocycles. The molecule has 9 nitrogen and oxygen atoms in total. The molecule has 0 spiro atoms. The van der Waals surface area contributed by atoms with E-state index in [1.54, 1.807) is 25.4 Å². The molecule has 0 saturated carbocycles. The van der Waals surface area contributed by atoms with Crippen LogP contribution in [0.25, 0.3) is 22.7 Å². The zero-order valence-corrected chi connectivity index (χ0v) is 10.5. The fraction of sp³-hybridized carbons (Fsp3) is 0.182. The van der Waals surface area contributed by atoms with Crippen molar-refractivity contribution < 1.29 is 9.53 Å². The van der Waals surface area contributed by atoms with Crippen LogP contribution in [0.15, 0.2) is 24.8 Å². The maximum atomic E-state index is 11.7. The van der Waals surface area contributed by atoms with Gasteiger partial charge >= 0.3 is 6.09 Å². The van der Waals surface area contributed by atoms with E-state index >= 15 is 0 Å². The zero-order chi connectivity index (χ0) is 13.9. The summed E-state index contributed by atoms with van der Waals surface area (Å²) in [6.07, 6.45) is 3.83. The van der Waals surface area contributed by atoms with Gasteiger partial charge in [0.1, 0.15) is 12.0 Å². The lowest BCUT2D eigenvalue weighted by molar-refractivity contribution is 0.151. The quantitative estimate of drug-likeness (QED) is 0.669. The molecule has 0 atom stereocenters. The molecule has 0 aromatic carbocycles. The number of hydrogen-bond donors (Lipinski definition) is 0. The van der Waals surface area contributed by atoms with Crippen LogP contribution in [0.3, 0.4) is 0 Å². The average Bonchev–Trinajstić information content (AvgIpc) is 2.92. The van der Waals surface area contributed by atoms with Gasteiger partial charge in [0.05, 0.1) is 6.61 Å². The number of fused-ring (bicyclic) bond motifs is 1. The van der Waals surface area contributed by atoms with Gasteiger partial charge in [0.2, 0.25) is 0 Å². The largest absolute Gasteiger partial charge is 0.448 e. The maximum absolute atomic E-state index is 11.7. The van der Waals surface area contributed by atoms with Gasteiger partial charge in [-0.25, -0.2) is 24.7 Å². The Morgan fingerprint density at radius 3 is 2.80 bits per heavy atom. The second-order valence-corrected chi connectivity index (χ2v) is 3.67. The average molecular weight is 271 g/mol. The van der Waals surface area contributed by atoms with Crippen LogP contribution in [0.1, 0.15) is 6.92 Å². The molecule has 0 fully saturated rings. The minimum absolute atomic E-state index is 0.236. The summed E-state index contributed by atoms with van der Waals surface area (Å²) < 4.78 is 5.85. The molecule has 3 heterocycles. The highest BCUT2D eigenvalue weighted by molar-refractivity contribution is 5.89. The molecule has 0 aliphatic carbocycles. The van der Waals surface area contributed by atoms with Crippen LogP contribution in [-0.2, 0) is 4.74 Å². The first-order chi connectivity index (χ1) is 9.81. The van der Waals surface area contributed by atoms with E-state index in [4.69, 9.17) is 4.74 Å². The van der Waals surface area contributed by atoms with Gasteiger partial charge < -0.3 is 4.74 Å². The van der Waals surface area contributed by atoms with Crippen LogP contribution in [0, 0.1) is 0 Å². The third-order valence-corrected chi connectivity index (χ3v) is 2.46. The van der Waals surface area contributed by atoms with E-state index in [0.717, 1.165) is 4.68 Å². The second-order valence-electron chi connectivity index (χ2n) is 3.67. The highest BCUT2D eigenvalue weighted by Crippen LogP contribution is 2.19. The van der Waals surface area contributed by atoms with Crippen LogP contribution in [0.5, 0.6) is 0 Å². The lowest BCUT2D eigenvalue weighted by atomic mass is 10.3. The van der Waals surface area contributed by atoms with E-state index < -0.39 is 6.09 Å². The molecule has 0 N–H and O–H groups in total. The Morgan fingerprint density at radius 2 is 2.05 bits per heavy atom. The van der Waals surface area contributed by atoms with Crippen molar-refractivity contribution in [3.05, 3.63) is 24.8 Å². The summed E-state index contributed by atoms with van der Waals surface area (Å²) in [5.74, 6) is 0.385. The van der Waals surface area contributed by atoms with Crippen molar-refractivity contribution in [1.82, 2.24) is 34.9 Å². The fourth-order valence-electron chi connectivity index (χ4n) is 1.64. The lowest BCUT2D eigenvalue weighted by Gasteiger charge is -2.01. The molecule has 0 unspecified atom stereocenters. The van der Waals surface area contributed by atoms with Crippen LogP contribution in [0.2, 0.25) is 0 Å². The number of hydrogen-bond acceptors (Lipinski definition) is 8. The van der Waals surface area contributed by atoms with Crippen LogP contribution in [-0.4, -0.2) is 47.6 Å². The topological polar surface area (TPSA) is 109 Å². The Kier molecular flexibility index (Phi) is 2.99. The van der Waals surface area contributed by atoms with Crippen molar-refractivity contribution in [2.45, 2.75) is 6.92 Å². The van der Waals surface area contributed by atoms with E-state index in [1.165, 1.54) is 6.33 Å². The SMILES string of the molecule is CCOC(=O)n1nnc2c(-c3ncccn3)ncnc21. The van der Waals surface area contributed by atoms with Crippen LogP contribution in [0.4, 0.5) is 4.79 Å². The first kappa shape index (κ1) is 12.1. The minimum Gasteiger partial charge on any atom is -0.448 e. The molecule has 20 heavy (non-hydrogen) atoms. The molecule has 100 valence electrons. The van der Waals surface area contributed by atoms with Gasteiger partial charge in [-0.1, -0.05) is 5.21 Å². The molecule has 0 aliphatic heterocycles. The van der Waals surface area contributed by atoms with Crippen LogP contribution >= 0.6 is 0 Å². The third-order valence-electron chi connectivity index (χ3n) is 2.46. The third kappa shape index (κ3) is 1.94. The molecule has 3 rings (SSSR count). The van der Waals surface area contributed by atoms with E-state index in [9.17, 15) is 4.79 Å². The summed E-state index contributed by atoms with van der Waals surface area (Å²) in [7, 11) is 0. The van der Waals surface area contributed by atoms with Crippen molar-refractivity contribution in [2.75, 3.05) is 6.61 Å². The normalized spacial score (nSPS) is 10.7. The maximum Gasteiger partial charge on any atom is 0.438 e. The Balaban J connectivity index is 2.15. The Morgan fingerprint density at radius 1 is 1.25 bits per heavy atom. The number of aromatic nitrogens is 7. The summed E-state index contributed by atoms with van der Waals surface area (Å²) in [5.41, 5.74) is 0.999. The van der Waals surface area contributed by atoms with E-state index in [0.29, 0.717) is 17.0 Å². The summed E-state index contributed by atoms with van der Waals surface area (Å²) in [5, 5.41) is 7.64. The summed E-state index contributed by atoms with van der Waals surface area (Å²) >= 11 is 0. The first-order valence-corrected chi connectivity index (χ1v) is 5.82. The van der Waals surface area contributed by atoms with E-state index in [1.807, 2.05) is 0 Å². The molecule has 0 aliphatic rings. The van der Waals surface area contributed by atoms with Gasteiger partial charge in [-0.15, -0.1) is 9.78 Å². The minimum atomic E-state index is -0.645. The number of rotatable bonds is 2. The van der Waals surface area contributed by atoms with Crippen molar-refractivity contribution in [3.63, 3.8) is 0 Å². The van der Waals surface area contributed by atoms with Crippen LogP contribution < -0.4 is 0 Å². The van der Waals surface area contributed by atoms with Crippen molar-refractivity contribution >= 4 is 17.3 Å². The number of nitrogens with zero attached hydrogens (tertiary/aromatic N) is 7. The summed E-state index contributed by atoms with van der Waals surface area (Å²) in [6, 6.07) is 1.69. The summed E-state index contributed by atoms with van der Waals surface area (Å²) in [6.45, 7) is 1.94. The molecule has 0 bridgehead atoms. The van der Waals surface area contributed by atoms with Gasteiger partial charge in [0.25, 0.3) is 0 Å². The Labute approximate surface area is 112 Å². The second kappa shape index (κ2) is 4.96. The molecule has 0 amide bonds. The van der Waals surface area contributed by atoms with E-state index in [-0.39, 0.29) is 12.3 Å². The van der Waals surface area contributed by atoms with E-state index in [2.05, 4.69) is 30.2 Å². The summed E-state index contributed by atoms with van der Waals surface area (Å²) in [4.78, 5) is 28.0. The molecule has 9 heteroatoms. The van der Waals surface area contributed by atoms with Crippen molar-refractivity contribution in [3.8, 4) is 11.5 Å². The molecule has 0 saturated heterocycles. The fourth-order valence-corrected chi connectivity index (χ4v) is 1.64. The molecular formula is C11H9N7O2. The highest BCUT2D eigenvalue weighted by atomic mass is 16.6. The van der Waals surface area contributed by atoms with Gasteiger partial charge in [-0.05, 0) is 13.0 Å². The standard InChI is InChI=1S/C11H9N7O2/c1-2-20-11(19)18-10-8(16-17-18)7(14-6-15-10)9-12-4-3-5-13-9/h3-6H,2H2,1H3. The number of ether oxygens (including phenoxy) is 1. The first-order valence-electron chi connectivity index (χ1n) is 5.82. The molecule has 3 aromatic rings. The van der Waals surface area contributed by atoms with Gasteiger partial charge in [-0.2, -0.15) is 0 Å². The Bertz CT molecular complexity index is 756. The van der Waals surface area contributed by atoms with Gasteiger partial charge in [-0.3, -0.25) is 0 Å². The monoisotopic (exact) mass is 271 g/mol. The predicted molar refractivity (Wildman–Crippen MR) is 66.6 cm³/mol. The van der Waals surface area contributed by atoms with Gasteiger partial charge in [0, 0.05) is 12.4 Å². The van der Waals surface area contributed by atoms with Crippen molar-refractivity contribution in [1.29, 1.82) is 0 Å². The highest BCUT2D eigenvalue weighted by Gasteiger charge is 2.18. The number of carbonyl (C=O) groups excluding carboxylic acids is 1. The lowest BCUT2D eigenvalue weighted by Crippen LogP contribution is -2.15. The zero-order valence-electron chi connectivity index (χ0n) is 10.5. The Hall–Kier alpha value is -2.97. The smallest absolute Gasteiger partial charge is 0.438 e. The van der Waals surface area contributed by atoms with Gasteiger partial charge in [0.15, 0.2) is 17.0 Å². The van der Waals surface area contributed by atoms with Crippen molar-refractivity contribution in [2.24, 2.45) is 0 Å². The predicted octanol–water partition coefficient (Wildman–Crippen LogP) is 0.683.